The summed E-state index contributed by atoms with van der Waals surface area (Å²) in [6, 6.07) is 0.758. The van der Waals surface area contributed by atoms with E-state index in [9.17, 15) is 22.8 Å². The summed E-state index contributed by atoms with van der Waals surface area (Å²) in [6.45, 7) is 1.38. The molecule has 0 aliphatic carbocycles. The van der Waals surface area contributed by atoms with Gasteiger partial charge in [-0.2, -0.15) is 13.2 Å². The maximum atomic E-state index is 12.3. The first-order valence-corrected chi connectivity index (χ1v) is 5.17. The lowest BCUT2D eigenvalue weighted by molar-refractivity contribution is -0.142. The minimum absolute atomic E-state index is 0.219. The van der Waals surface area contributed by atoms with E-state index in [1.165, 1.54) is 6.92 Å². The fourth-order valence-electron chi connectivity index (χ4n) is 1.20. The monoisotopic (exact) mass is 276 g/mol. The fourth-order valence-corrected chi connectivity index (χ4v) is 1.20. The van der Waals surface area contributed by atoms with Crippen LogP contribution in [0.5, 0.6) is 0 Å². The molecule has 1 aromatic heterocycles. The number of carbonyl (C=O) groups excluding carboxylic acids is 2. The molecule has 5 nitrogen and oxygen atoms in total. The van der Waals surface area contributed by atoms with Crippen LogP contribution in [-0.4, -0.2) is 30.0 Å². The molecule has 1 N–H and O–H groups in total. The van der Waals surface area contributed by atoms with E-state index in [0.717, 1.165) is 19.2 Å². The molecule has 1 atom stereocenters. The van der Waals surface area contributed by atoms with E-state index in [1.807, 2.05) is 0 Å². The number of rotatable bonds is 3. The third-order valence-corrected chi connectivity index (χ3v) is 2.23. The van der Waals surface area contributed by atoms with Gasteiger partial charge in [-0.25, -0.2) is 4.79 Å². The number of nitrogens with one attached hydrogen (secondary N) is 1. The molecular formula is C11H11F3N2O3. The van der Waals surface area contributed by atoms with E-state index in [1.54, 1.807) is 0 Å². The van der Waals surface area contributed by atoms with Crippen LogP contribution in [0.1, 0.15) is 23.0 Å². The lowest BCUT2D eigenvalue weighted by Crippen LogP contribution is -2.39. The van der Waals surface area contributed by atoms with Gasteiger partial charge in [-0.05, 0) is 19.1 Å². The third kappa shape index (κ3) is 3.94. The van der Waals surface area contributed by atoms with Crippen molar-refractivity contribution >= 4 is 11.9 Å². The number of aromatic nitrogens is 1. The molecule has 0 aliphatic rings. The number of methoxy groups -OCH3 is 1. The standard InChI is InChI=1S/C11H11F3N2O3/c1-6(10(18)19-2)16-9(17)8-4-3-7(5-15-8)11(12,13)14/h3-6H,1-2H3,(H,16,17). The van der Waals surface area contributed by atoms with Gasteiger partial charge in [0.2, 0.25) is 0 Å². The van der Waals surface area contributed by atoms with Crippen LogP contribution in [0.25, 0.3) is 0 Å². The second-order valence-electron chi connectivity index (χ2n) is 3.65. The molecule has 0 saturated carbocycles. The molecule has 104 valence electrons. The van der Waals surface area contributed by atoms with Gasteiger partial charge in [0.05, 0.1) is 12.7 Å². The van der Waals surface area contributed by atoms with Crippen LogP contribution in [0, 0.1) is 0 Å². The second kappa shape index (κ2) is 5.68. The minimum Gasteiger partial charge on any atom is -0.467 e. The summed E-state index contributed by atoms with van der Waals surface area (Å²) in [5.41, 5.74) is -1.17. The first kappa shape index (κ1) is 14.9. The van der Waals surface area contributed by atoms with Crippen LogP contribution in [0.4, 0.5) is 13.2 Å². The molecule has 0 aromatic carbocycles. The van der Waals surface area contributed by atoms with Crippen molar-refractivity contribution < 1.29 is 27.5 Å². The molecule has 1 unspecified atom stereocenters. The van der Waals surface area contributed by atoms with E-state index >= 15 is 0 Å². The maximum absolute atomic E-state index is 12.3. The lowest BCUT2D eigenvalue weighted by Gasteiger charge is -2.11. The van der Waals surface area contributed by atoms with E-state index in [0.29, 0.717) is 6.20 Å². The molecule has 1 rings (SSSR count). The molecule has 0 aliphatic heterocycles. The number of pyridine rings is 1. The summed E-state index contributed by atoms with van der Waals surface area (Å²) in [4.78, 5) is 26.0. The van der Waals surface area contributed by atoms with E-state index < -0.39 is 29.7 Å². The number of hydrogen-bond acceptors (Lipinski definition) is 4. The van der Waals surface area contributed by atoms with Crippen molar-refractivity contribution in [1.82, 2.24) is 10.3 Å². The normalized spacial score (nSPS) is 12.7. The first-order chi connectivity index (χ1) is 8.75. The molecule has 0 bridgehead atoms. The van der Waals surface area contributed by atoms with Crippen LogP contribution in [0.15, 0.2) is 18.3 Å². The largest absolute Gasteiger partial charge is 0.467 e. The predicted molar refractivity (Wildman–Crippen MR) is 58.2 cm³/mol. The quantitative estimate of drug-likeness (QED) is 0.847. The summed E-state index contributed by atoms with van der Waals surface area (Å²) in [7, 11) is 1.15. The summed E-state index contributed by atoms with van der Waals surface area (Å²) < 4.78 is 41.2. The number of alkyl halides is 3. The summed E-state index contributed by atoms with van der Waals surface area (Å²) in [5.74, 6) is -1.42. The highest BCUT2D eigenvalue weighted by atomic mass is 19.4. The molecule has 1 amide bonds. The van der Waals surface area contributed by atoms with Crippen LogP contribution < -0.4 is 5.32 Å². The van der Waals surface area contributed by atoms with Crippen LogP contribution in [0.3, 0.4) is 0 Å². The fraction of sp³-hybridized carbons (Fsp3) is 0.364. The zero-order valence-electron chi connectivity index (χ0n) is 10.1. The van der Waals surface area contributed by atoms with Gasteiger partial charge >= 0.3 is 12.1 Å². The first-order valence-electron chi connectivity index (χ1n) is 5.17. The Bertz CT molecular complexity index is 471. The molecule has 0 radical (unpaired) electrons. The lowest BCUT2D eigenvalue weighted by atomic mass is 10.2. The van der Waals surface area contributed by atoms with Gasteiger partial charge < -0.3 is 10.1 Å². The Kier molecular flexibility index (Phi) is 4.47. The van der Waals surface area contributed by atoms with Crippen molar-refractivity contribution in [3.05, 3.63) is 29.6 Å². The van der Waals surface area contributed by atoms with E-state index in [-0.39, 0.29) is 5.69 Å². The van der Waals surface area contributed by atoms with Gasteiger partial charge in [0.25, 0.3) is 5.91 Å². The van der Waals surface area contributed by atoms with Crippen LogP contribution in [-0.2, 0) is 15.7 Å². The Balaban J connectivity index is 2.76. The number of hydrogen-bond donors (Lipinski definition) is 1. The Morgan fingerprint density at radius 2 is 2.00 bits per heavy atom. The van der Waals surface area contributed by atoms with Crippen molar-refractivity contribution in [3.63, 3.8) is 0 Å². The van der Waals surface area contributed by atoms with Crippen molar-refractivity contribution in [2.75, 3.05) is 7.11 Å². The molecule has 1 heterocycles. The van der Waals surface area contributed by atoms with Crippen LogP contribution >= 0.6 is 0 Å². The highest BCUT2D eigenvalue weighted by Gasteiger charge is 2.31. The maximum Gasteiger partial charge on any atom is 0.417 e. The van der Waals surface area contributed by atoms with Crippen molar-refractivity contribution in [1.29, 1.82) is 0 Å². The number of nitrogens with zero attached hydrogens (tertiary/aromatic N) is 1. The molecule has 8 heteroatoms. The minimum atomic E-state index is -4.51. The molecular weight excluding hydrogens is 265 g/mol. The summed E-state index contributed by atoms with van der Waals surface area (Å²) in [5, 5.41) is 2.25. The van der Waals surface area contributed by atoms with E-state index in [2.05, 4.69) is 15.0 Å². The Hall–Kier alpha value is -2.12. The van der Waals surface area contributed by atoms with Gasteiger partial charge in [0.1, 0.15) is 11.7 Å². The number of carbonyl (C=O) groups is 2. The Morgan fingerprint density at radius 3 is 2.42 bits per heavy atom. The zero-order valence-corrected chi connectivity index (χ0v) is 10.1. The number of halogens is 3. The van der Waals surface area contributed by atoms with Gasteiger partial charge in [0, 0.05) is 6.20 Å². The summed E-state index contributed by atoms with van der Waals surface area (Å²) >= 11 is 0. The highest BCUT2D eigenvalue weighted by Crippen LogP contribution is 2.28. The average Bonchev–Trinajstić information content (AvgIpc) is 2.36. The Morgan fingerprint density at radius 1 is 1.37 bits per heavy atom. The average molecular weight is 276 g/mol. The second-order valence-corrected chi connectivity index (χ2v) is 3.65. The van der Waals surface area contributed by atoms with Crippen molar-refractivity contribution in [3.8, 4) is 0 Å². The molecule has 1 aromatic rings. The Labute approximate surface area is 106 Å². The zero-order chi connectivity index (χ0) is 14.6. The van der Waals surface area contributed by atoms with Gasteiger partial charge in [-0.1, -0.05) is 0 Å². The molecule has 0 fully saturated rings. The number of ether oxygens (including phenoxy) is 1. The number of esters is 1. The highest BCUT2D eigenvalue weighted by molar-refractivity contribution is 5.95. The van der Waals surface area contributed by atoms with Crippen molar-refractivity contribution in [2.24, 2.45) is 0 Å². The molecule has 0 saturated heterocycles. The van der Waals surface area contributed by atoms with Gasteiger partial charge in [0.15, 0.2) is 0 Å². The van der Waals surface area contributed by atoms with E-state index in [4.69, 9.17) is 0 Å². The van der Waals surface area contributed by atoms with Crippen molar-refractivity contribution in [2.45, 2.75) is 19.1 Å². The topological polar surface area (TPSA) is 68.3 Å². The molecule has 19 heavy (non-hydrogen) atoms. The SMILES string of the molecule is COC(=O)C(C)NC(=O)c1ccc(C(F)(F)F)cn1. The number of amides is 1. The van der Waals surface area contributed by atoms with Gasteiger partial charge in [-0.3, -0.25) is 9.78 Å². The third-order valence-electron chi connectivity index (χ3n) is 2.23. The smallest absolute Gasteiger partial charge is 0.417 e. The predicted octanol–water partition coefficient (Wildman–Crippen LogP) is 1.39. The van der Waals surface area contributed by atoms with Crippen LogP contribution in [0.2, 0.25) is 0 Å². The molecule has 0 spiro atoms. The summed E-state index contributed by atoms with van der Waals surface area (Å²) in [6.07, 6.45) is -3.96. The van der Waals surface area contributed by atoms with Gasteiger partial charge in [-0.15, -0.1) is 0 Å².